The van der Waals surface area contributed by atoms with E-state index < -0.39 is 29.7 Å². The number of nitrogens with one attached hydrogen (secondary N) is 1. The van der Waals surface area contributed by atoms with Gasteiger partial charge in [0, 0.05) is 53.0 Å². The second-order valence-corrected chi connectivity index (χ2v) is 8.47. The van der Waals surface area contributed by atoms with Gasteiger partial charge in [0.15, 0.2) is 0 Å². The van der Waals surface area contributed by atoms with Crippen LogP contribution in [0.2, 0.25) is 0 Å². The minimum Gasteiger partial charge on any atom is -0.488 e. The number of fused-ring (bicyclic) bond motifs is 1. The molecule has 3 aliphatic heterocycles. The van der Waals surface area contributed by atoms with Gasteiger partial charge >= 0.3 is 0 Å². The molecule has 178 valence electrons. The van der Waals surface area contributed by atoms with Crippen molar-refractivity contribution in [2.45, 2.75) is 37.8 Å². The second kappa shape index (κ2) is 10.4. The molecular weight excluding hydrogens is 430 g/mol. The number of methoxy groups -OCH3 is 1. The summed E-state index contributed by atoms with van der Waals surface area (Å²) < 4.78 is 16.5. The van der Waals surface area contributed by atoms with Crippen LogP contribution in [-0.4, -0.2) is 92.1 Å². The van der Waals surface area contributed by atoms with Gasteiger partial charge in [-0.2, -0.15) is 0 Å². The minimum atomic E-state index is -0.969. The molecule has 1 unspecified atom stereocenters. The van der Waals surface area contributed by atoms with E-state index in [0.717, 1.165) is 44.0 Å². The highest BCUT2D eigenvalue weighted by atomic mass is 16.5. The van der Waals surface area contributed by atoms with E-state index in [9.17, 15) is 19.2 Å². The first-order chi connectivity index (χ1) is 16.0. The third kappa shape index (κ3) is 5.23. The van der Waals surface area contributed by atoms with Gasteiger partial charge in [0.2, 0.25) is 11.8 Å². The number of benzene rings is 1. The van der Waals surface area contributed by atoms with Gasteiger partial charge < -0.3 is 14.2 Å². The molecule has 3 aliphatic rings. The first-order valence-corrected chi connectivity index (χ1v) is 11.3. The highest BCUT2D eigenvalue weighted by Gasteiger charge is 2.44. The zero-order valence-electron chi connectivity index (χ0n) is 18.7. The predicted octanol–water partition coefficient (Wildman–Crippen LogP) is 0.594. The molecule has 4 rings (SSSR count). The Balaban J connectivity index is 1.25. The molecule has 33 heavy (non-hydrogen) atoms. The van der Waals surface area contributed by atoms with Crippen molar-refractivity contribution in [3.63, 3.8) is 0 Å². The fraction of sp³-hybridized carbons (Fsp3) is 0.565. The number of ether oxygens (including phenoxy) is 3. The van der Waals surface area contributed by atoms with E-state index in [2.05, 4.69) is 10.2 Å². The number of amides is 4. The summed E-state index contributed by atoms with van der Waals surface area (Å²) in [6.45, 7) is 4.65. The third-order valence-corrected chi connectivity index (χ3v) is 6.04. The number of hydrogen-bond donors (Lipinski definition) is 1. The van der Waals surface area contributed by atoms with Crippen molar-refractivity contribution in [2.24, 2.45) is 0 Å². The van der Waals surface area contributed by atoms with Crippen LogP contribution < -0.4 is 10.1 Å². The SMILES string of the molecule is COCCCOCCCN1CC(Oc2ccc3c(c2)C(=O)N(C2CCC(=O)NC2=O)C3=O)C1. The normalized spacial score (nSPS) is 21.2. The Morgan fingerprint density at radius 3 is 2.52 bits per heavy atom. The molecule has 4 amide bonds. The molecule has 10 nitrogen and oxygen atoms in total. The molecule has 1 aromatic carbocycles. The Labute approximate surface area is 192 Å². The van der Waals surface area contributed by atoms with Crippen LogP contribution in [0.4, 0.5) is 0 Å². The number of imide groups is 2. The first kappa shape index (κ1) is 23.3. The molecule has 2 saturated heterocycles. The van der Waals surface area contributed by atoms with E-state index >= 15 is 0 Å². The van der Waals surface area contributed by atoms with E-state index in [0.29, 0.717) is 19.0 Å². The summed E-state index contributed by atoms with van der Waals surface area (Å²) in [5, 5.41) is 2.19. The average molecular weight is 459 g/mol. The lowest BCUT2D eigenvalue weighted by Gasteiger charge is -2.39. The number of rotatable bonds is 11. The lowest BCUT2D eigenvalue weighted by atomic mass is 10.0. The first-order valence-electron chi connectivity index (χ1n) is 11.3. The van der Waals surface area contributed by atoms with Crippen molar-refractivity contribution in [3.8, 4) is 5.75 Å². The van der Waals surface area contributed by atoms with Crippen molar-refractivity contribution in [1.82, 2.24) is 15.1 Å². The van der Waals surface area contributed by atoms with Crippen LogP contribution >= 0.6 is 0 Å². The molecule has 1 aromatic rings. The van der Waals surface area contributed by atoms with Crippen molar-refractivity contribution in [2.75, 3.05) is 46.6 Å². The molecule has 0 bridgehead atoms. The molecule has 10 heteroatoms. The van der Waals surface area contributed by atoms with Gasteiger partial charge in [0.1, 0.15) is 17.9 Å². The third-order valence-electron chi connectivity index (χ3n) is 6.04. The fourth-order valence-electron chi connectivity index (χ4n) is 4.29. The topological polar surface area (TPSA) is 114 Å². The van der Waals surface area contributed by atoms with Crippen LogP contribution in [0.25, 0.3) is 0 Å². The van der Waals surface area contributed by atoms with Crippen LogP contribution in [0, 0.1) is 0 Å². The lowest BCUT2D eigenvalue weighted by molar-refractivity contribution is -0.136. The molecule has 2 fully saturated rings. The molecule has 0 aromatic heterocycles. The van der Waals surface area contributed by atoms with Gasteiger partial charge in [-0.1, -0.05) is 0 Å². The molecule has 1 atom stereocenters. The predicted molar refractivity (Wildman–Crippen MR) is 116 cm³/mol. The maximum Gasteiger partial charge on any atom is 0.262 e. The van der Waals surface area contributed by atoms with E-state index in [1.54, 1.807) is 25.3 Å². The van der Waals surface area contributed by atoms with E-state index in [1.807, 2.05) is 0 Å². The van der Waals surface area contributed by atoms with Gasteiger partial charge in [0.25, 0.3) is 11.8 Å². The zero-order chi connectivity index (χ0) is 23.4. The second-order valence-electron chi connectivity index (χ2n) is 8.47. The fourth-order valence-corrected chi connectivity index (χ4v) is 4.29. The monoisotopic (exact) mass is 459 g/mol. The summed E-state index contributed by atoms with van der Waals surface area (Å²) in [7, 11) is 1.68. The van der Waals surface area contributed by atoms with Crippen LogP contribution in [0.1, 0.15) is 46.4 Å². The number of piperidine rings is 1. The molecule has 0 spiro atoms. The maximum atomic E-state index is 12.9. The van der Waals surface area contributed by atoms with Crippen molar-refractivity contribution in [1.29, 1.82) is 0 Å². The standard InChI is InChI=1S/C23H29N3O7/c1-31-9-3-11-32-10-2-8-25-13-16(14-25)33-15-4-5-17-18(12-15)23(30)26(22(17)29)19-6-7-20(27)24-21(19)28/h4-5,12,16,19H,2-3,6-11,13-14H2,1H3,(H,24,27,28). The molecule has 1 N–H and O–H groups in total. The highest BCUT2D eigenvalue weighted by Crippen LogP contribution is 2.31. The van der Waals surface area contributed by atoms with E-state index in [-0.39, 0.29) is 30.1 Å². The van der Waals surface area contributed by atoms with Gasteiger partial charge in [-0.25, -0.2) is 0 Å². The molecule has 0 aliphatic carbocycles. The van der Waals surface area contributed by atoms with Crippen molar-refractivity contribution >= 4 is 23.6 Å². The smallest absolute Gasteiger partial charge is 0.262 e. The number of likely N-dealkylation sites (tertiary alicyclic amines) is 1. The number of hydrogen-bond acceptors (Lipinski definition) is 8. The van der Waals surface area contributed by atoms with Crippen LogP contribution in [0.3, 0.4) is 0 Å². The largest absolute Gasteiger partial charge is 0.488 e. The minimum absolute atomic E-state index is 0.0177. The average Bonchev–Trinajstić information content (AvgIpc) is 3.01. The van der Waals surface area contributed by atoms with Gasteiger partial charge in [-0.05, 0) is 37.5 Å². The van der Waals surface area contributed by atoms with Crippen LogP contribution in [0.15, 0.2) is 18.2 Å². The van der Waals surface area contributed by atoms with Gasteiger partial charge in [-0.3, -0.25) is 34.3 Å². The van der Waals surface area contributed by atoms with Gasteiger partial charge in [-0.15, -0.1) is 0 Å². The summed E-state index contributed by atoms with van der Waals surface area (Å²) in [5.74, 6) is -1.54. The lowest BCUT2D eigenvalue weighted by Crippen LogP contribution is -2.54. The summed E-state index contributed by atoms with van der Waals surface area (Å²) >= 11 is 0. The van der Waals surface area contributed by atoms with E-state index in [1.165, 1.54) is 0 Å². The zero-order valence-corrected chi connectivity index (χ0v) is 18.7. The Kier molecular flexibility index (Phi) is 7.36. The molecule has 0 radical (unpaired) electrons. The quantitative estimate of drug-likeness (QED) is 0.378. The number of carbonyl (C=O) groups excluding carboxylic acids is 4. The van der Waals surface area contributed by atoms with Crippen LogP contribution in [-0.2, 0) is 19.1 Å². The van der Waals surface area contributed by atoms with Crippen LogP contribution in [0.5, 0.6) is 5.75 Å². The van der Waals surface area contributed by atoms with Crippen molar-refractivity contribution < 1.29 is 33.4 Å². The Bertz CT molecular complexity index is 929. The maximum absolute atomic E-state index is 12.9. The summed E-state index contributed by atoms with van der Waals surface area (Å²) in [6.07, 6.45) is 2.09. The number of nitrogens with zero attached hydrogens (tertiary/aromatic N) is 2. The summed E-state index contributed by atoms with van der Waals surface area (Å²) in [4.78, 5) is 52.4. The molecular formula is C23H29N3O7. The Morgan fingerprint density at radius 1 is 1.00 bits per heavy atom. The molecule has 0 saturated carbocycles. The van der Waals surface area contributed by atoms with Gasteiger partial charge in [0.05, 0.1) is 11.1 Å². The summed E-state index contributed by atoms with van der Waals surface area (Å²) in [5.41, 5.74) is 0.474. The molecule has 3 heterocycles. The Hall–Kier alpha value is -2.82. The number of carbonyl (C=O) groups is 4. The van der Waals surface area contributed by atoms with Crippen molar-refractivity contribution in [3.05, 3.63) is 29.3 Å². The summed E-state index contributed by atoms with van der Waals surface area (Å²) in [6, 6.07) is 3.84. The van der Waals surface area contributed by atoms with E-state index in [4.69, 9.17) is 14.2 Å². The Morgan fingerprint density at radius 2 is 1.76 bits per heavy atom. The highest BCUT2D eigenvalue weighted by molar-refractivity contribution is 6.23.